The van der Waals surface area contributed by atoms with Gasteiger partial charge in [-0.05, 0) is 20.7 Å². The van der Waals surface area contributed by atoms with Crippen LogP contribution in [0.15, 0.2) is 0 Å². The van der Waals surface area contributed by atoms with Crippen LogP contribution in [0.1, 0.15) is 33.1 Å². The molecule has 124 valence electrons. The summed E-state index contributed by atoms with van der Waals surface area (Å²) in [5.74, 6) is -10.8. The molecule has 9 nitrogen and oxygen atoms in total. The van der Waals surface area contributed by atoms with E-state index in [4.69, 9.17) is 5.48 Å². The average molecular weight is 322 g/mol. The summed E-state index contributed by atoms with van der Waals surface area (Å²) in [6.45, 7) is -6.92. The van der Waals surface area contributed by atoms with Gasteiger partial charge in [-0.1, -0.05) is 0 Å². The van der Waals surface area contributed by atoms with E-state index in [0.717, 1.165) is 0 Å². The first-order valence-electron chi connectivity index (χ1n) is 8.55. The predicted octanol–water partition coefficient (Wildman–Crippen LogP) is -2.75. The van der Waals surface area contributed by atoms with Crippen LogP contribution >= 0.6 is 0 Å². The Hall–Kier alpha value is -1.52. The van der Waals surface area contributed by atoms with Crippen molar-refractivity contribution in [2.24, 2.45) is 0 Å². The van der Waals surface area contributed by atoms with Crippen molar-refractivity contribution in [2.45, 2.75) is 50.2 Å². The van der Waals surface area contributed by atoms with E-state index in [2.05, 4.69) is 4.74 Å². The van der Waals surface area contributed by atoms with Crippen molar-refractivity contribution in [3.63, 3.8) is 0 Å². The van der Waals surface area contributed by atoms with Crippen molar-refractivity contribution in [1.29, 1.82) is 0 Å². The van der Waals surface area contributed by atoms with Crippen molar-refractivity contribution < 1.29 is 49.8 Å². The Balaban J connectivity index is 3.97. The Kier molecular flexibility index (Phi) is 2.95. The van der Waals surface area contributed by atoms with Gasteiger partial charge in [0, 0.05) is 12.4 Å². The van der Waals surface area contributed by atoms with Gasteiger partial charge >= 0.3 is 0 Å². The molecule has 0 saturated carbocycles. The van der Waals surface area contributed by atoms with Gasteiger partial charge in [0.1, 0.15) is 0 Å². The van der Waals surface area contributed by atoms with Gasteiger partial charge < -0.3 is 25.2 Å². The lowest BCUT2D eigenvalue weighted by Crippen LogP contribution is -2.88. The molecule has 0 aromatic rings. The van der Waals surface area contributed by atoms with E-state index in [9.17, 15) is 39.6 Å². The molecule has 9 heteroatoms. The van der Waals surface area contributed by atoms with Crippen LogP contribution in [0.25, 0.3) is 0 Å². The van der Waals surface area contributed by atoms with Gasteiger partial charge in [0.05, 0.1) is 6.61 Å². The van der Waals surface area contributed by atoms with Crippen molar-refractivity contribution in [1.82, 2.24) is 0 Å². The molecule has 1 aliphatic rings. The number of hydrogen-bond donors (Lipinski definition) is 4. The van der Waals surface area contributed by atoms with E-state index in [1.165, 1.54) is 0 Å². The molecule has 0 aromatic carbocycles. The van der Waals surface area contributed by atoms with Gasteiger partial charge in [-0.3, -0.25) is 19.2 Å². The van der Waals surface area contributed by atoms with E-state index in [0.29, 0.717) is 0 Å². The molecule has 1 unspecified atom stereocenters. The highest BCUT2D eigenvalue weighted by Gasteiger charge is 2.81. The molecule has 1 fully saturated rings. The van der Waals surface area contributed by atoms with Gasteiger partial charge in [0.2, 0.25) is 11.2 Å². The van der Waals surface area contributed by atoms with Crippen LogP contribution in [0.3, 0.4) is 0 Å². The quantitative estimate of drug-likeness (QED) is 0.430. The van der Waals surface area contributed by atoms with Crippen molar-refractivity contribution >= 4 is 23.1 Å². The Labute approximate surface area is 131 Å². The smallest absolute Gasteiger partial charge is 0.267 e. The van der Waals surface area contributed by atoms with Gasteiger partial charge in [0.15, 0.2) is 28.7 Å². The fourth-order valence-corrected chi connectivity index (χ4v) is 2.35. The number of ether oxygens (including phenoxy) is 1. The highest BCUT2D eigenvalue weighted by Crippen LogP contribution is 2.47. The summed E-state index contributed by atoms with van der Waals surface area (Å²) < 4.78 is 32.9. The second-order valence-electron chi connectivity index (χ2n) is 4.91. The maximum atomic E-state index is 12.3. The normalized spacial score (nSPS) is 44.2. The Morgan fingerprint density at radius 3 is 1.73 bits per heavy atom. The zero-order chi connectivity index (χ0) is 20.6. The molecule has 0 amide bonds. The number of carbonyl (C=O) groups is 4. The highest BCUT2D eigenvalue weighted by molar-refractivity contribution is 6.08. The number of hydrogen-bond acceptors (Lipinski definition) is 9. The molecule has 1 aliphatic heterocycles. The first-order valence-corrected chi connectivity index (χ1v) is 5.72. The summed E-state index contributed by atoms with van der Waals surface area (Å²) in [6, 6.07) is 0. The van der Waals surface area contributed by atoms with Crippen LogP contribution in [0.2, 0.25) is 0 Å². The minimum absolute atomic E-state index is 1.26. The fraction of sp³-hybridized carbons (Fsp3) is 0.692. The van der Waals surface area contributed by atoms with Crippen LogP contribution in [0.4, 0.5) is 0 Å². The number of carbonyl (C=O) groups excluding carboxylic acids is 4. The summed E-state index contributed by atoms with van der Waals surface area (Å²) in [6.07, 6.45) is 0. The number of Topliss-reactive ketones (excluding diaryl/α,β-unsaturated/α-hetero) is 4. The molecule has 0 spiro atoms. The molecule has 4 atom stereocenters. The third-order valence-electron chi connectivity index (χ3n) is 3.75. The minimum atomic E-state index is -4.07. The van der Waals surface area contributed by atoms with Gasteiger partial charge in [-0.2, -0.15) is 0 Å². The summed E-state index contributed by atoms with van der Waals surface area (Å²) >= 11 is 0. The standard InChI is InChI=1S/C13H18O9/c1-6(14)10(18)5-22-13(21,9(4)17)12(20,8(3)16)11(10,19)7(2)15/h18-21H,5H2,1-4H3/t10-,11-,12+,13?/m0/s1/i1D,2D,3D,4D. The van der Waals surface area contributed by atoms with Crippen molar-refractivity contribution in [3.05, 3.63) is 0 Å². The van der Waals surface area contributed by atoms with Gasteiger partial charge in [-0.25, -0.2) is 0 Å². The molecule has 0 radical (unpaired) electrons. The Morgan fingerprint density at radius 1 is 0.818 bits per heavy atom. The van der Waals surface area contributed by atoms with Crippen molar-refractivity contribution in [3.8, 4) is 0 Å². The minimum Gasteiger partial charge on any atom is -0.376 e. The Morgan fingerprint density at radius 2 is 1.27 bits per heavy atom. The van der Waals surface area contributed by atoms with Crippen LogP contribution in [0, 0.1) is 0 Å². The van der Waals surface area contributed by atoms with Crippen molar-refractivity contribution in [2.75, 3.05) is 6.61 Å². The zero-order valence-corrected chi connectivity index (χ0v) is 11.4. The molecule has 1 rings (SSSR count). The number of aliphatic hydroxyl groups is 4. The summed E-state index contributed by atoms with van der Waals surface area (Å²) in [5.41, 5.74) is -11.5. The third-order valence-corrected chi connectivity index (χ3v) is 3.75. The zero-order valence-electron chi connectivity index (χ0n) is 15.4. The van der Waals surface area contributed by atoms with Crippen LogP contribution < -0.4 is 0 Å². The molecule has 1 saturated heterocycles. The van der Waals surface area contributed by atoms with E-state index in [-0.39, 0.29) is 0 Å². The first-order chi connectivity index (χ1) is 11.9. The molecule has 1 heterocycles. The van der Waals surface area contributed by atoms with Crippen LogP contribution in [-0.2, 0) is 23.9 Å². The van der Waals surface area contributed by atoms with Gasteiger partial charge in [-0.15, -0.1) is 0 Å². The lowest BCUT2D eigenvalue weighted by molar-refractivity contribution is -0.367. The van der Waals surface area contributed by atoms with Crippen LogP contribution in [0.5, 0.6) is 0 Å². The molecule has 4 N–H and O–H groups in total. The maximum absolute atomic E-state index is 12.3. The second kappa shape index (κ2) is 5.00. The summed E-state index contributed by atoms with van der Waals surface area (Å²) in [5, 5.41) is 42.6. The molecule has 0 bridgehead atoms. The van der Waals surface area contributed by atoms with E-state index in [1.807, 2.05) is 0 Å². The summed E-state index contributed by atoms with van der Waals surface area (Å²) in [4.78, 5) is 48.5. The number of rotatable bonds is 4. The van der Waals surface area contributed by atoms with E-state index < -0.39 is 79.9 Å². The largest absolute Gasteiger partial charge is 0.376 e. The molecule has 0 aliphatic carbocycles. The van der Waals surface area contributed by atoms with Crippen LogP contribution in [-0.4, -0.2) is 72.8 Å². The average Bonchev–Trinajstić information content (AvgIpc) is 2.66. The molecule has 0 aromatic heterocycles. The van der Waals surface area contributed by atoms with E-state index >= 15 is 0 Å². The SMILES string of the molecule is [2H]CC(=O)C1(O)OC[C@](O)(C(=O)C[2H])[C@@](O)(C(=O)C[2H])[C@]1(O)C(=O)C[2H]. The predicted molar refractivity (Wildman–Crippen MR) is 68.5 cm³/mol. The monoisotopic (exact) mass is 322 g/mol. The third kappa shape index (κ3) is 1.77. The topological polar surface area (TPSA) is 158 Å². The van der Waals surface area contributed by atoms with Gasteiger partial charge in [0.25, 0.3) is 5.79 Å². The molecule has 22 heavy (non-hydrogen) atoms. The summed E-state index contributed by atoms with van der Waals surface area (Å²) in [7, 11) is 0. The molecular formula is C13H18O9. The molecular weight excluding hydrogens is 300 g/mol. The lowest BCUT2D eigenvalue weighted by atomic mass is 9.60. The fourth-order valence-electron chi connectivity index (χ4n) is 2.35. The second-order valence-corrected chi connectivity index (χ2v) is 4.91. The lowest BCUT2D eigenvalue weighted by Gasteiger charge is -2.57. The maximum Gasteiger partial charge on any atom is 0.267 e. The number of ketones is 4. The Bertz CT molecular complexity index is 589. The van der Waals surface area contributed by atoms with E-state index in [1.54, 1.807) is 0 Å². The first kappa shape index (κ1) is 13.0. The highest BCUT2D eigenvalue weighted by atomic mass is 16.7.